The molecule has 14 heteroatoms. The van der Waals surface area contributed by atoms with E-state index in [4.69, 9.17) is 0 Å². The summed E-state index contributed by atoms with van der Waals surface area (Å²) in [5, 5.41) is -6.91. The van der Waals surface area contributed by atoms with E-state index in [0.29, 0.717) is 0 Å². The number of hydrogen-bond donors (Lipinski definition) is 0. The van der Waals surface area contributed by atoms with Crippen LogP contribution in [0.4, 0.5) is 30.7 Å². The quantitative estimate of drug-likeness (QED) is 0.598. The Morgan fingerprint density at radius 3 is 1.26 bits per heavy atom. The highest BCUT2D eigenvalue weighted by Gasteiger charge is 2.81. The number of carbonyl (C=O) groups excluding carboxylic acids is 1. The van der Waals surface area contributed by atoms with Gasteiger partial charge in [-0.2, -0.15) is 30.7 Å². The molecular formula is C13H19F7O5S2. The highest BCUT2D eigenvalue weighted by Crippen LogP contribution is 2.51. The van der Waals surface area contributed by atoms with Crippen LogP contribution in [-0.2, 0) is 24.5 Å². The lowest BCUT2D eigenvalue weighted by Gasteiger charge is -2.34. The van der Waals surface area contributed by atoms with E-state index < -0.39 is 57.6 Å². The summed E-state index contributed by atoms with van der Waals surface area (Å²) >= 11 is 0. The van der Waals surface area contributed by atoms with Crippen molar-refractivity contribution in [1.29, 1.82) is 0 Å². The summed E-state index contributed by atoms with van der Waals surface area (Å²) in [5.41, 5.74) is -1.97. The number of sulfone groups is 2. The molecular weight excluding hydrogens is 433 g/mol. The Kier molecular flexibility index (Phi) is 6.34. The molecule has 0 rings (SSSR count). The van der Waals surface area contributed by atoms with Gasteiger partial charge < -0.3 is 0 Å². The molecule has 0 radical (unpaired) electrons. The number of alkyl halides is 7. The van der Waals surface area contributed by atoms with Gasteiger partial charge in [-0.15, -0.1) is 0 Å². The fraction of sp³-hybridized carbons (Fsp3) is 0.923. The Hall–Kier alpha value is -0.920. The molecule has 0 saturated carbocycles. The molecule has 162 valence electrons. The summed E-state index contributed by atoms with van der Waals surface area (Å²) in [6.45, 7) is 5.03. The molecule has 1 unspecified atom stereocenters. The van der Waals surface area contributed by atoms with Crippen molar-refractivity contribution in [2.24, 2.45) is 5.41 Å². The first kappa shape index (κ1) is 26.1. The predicted octanol–water partition coefficient (Wildman–Crippen LogP) is 3.35. The molecule has 0 amide bonds. The number of Topliss-reactive ketones (excluding diaryl/α,β-unsaturated/α-hetero) is 1. The molecule has 0 spiro atoms. The van der Waals surface area contributed by atoms with Gasteiger partial charge in [0, 0.05) is 5.41 Å². The van der Waals surface area contributed by atoms with Crippen LogP contribution in [0.15, 0.2) is 0 Å². The van der Waals surface area contributed by atoms with Gasteiger partial charge in [-0.3, -0.25) is 4.79 Å². The molecule has 0 fully saturated rings. The lowest BCUT2D eigenvalue weighted by atomic mass is 9.92. The van der Waals surface area contributed by atoms with E-state index in [1.165, 1.54) is 0 Å². The van der Waals surface area contributed by atoms with Crippen LogP contribution in [0.2, 0.25) is 0 Å². The van der Waals surface area contributed by atoms with Gasteiger partial charge >= 0.3 is 17.4 Å². The molecule has 0 bridgehead atoms. The Bertz CT molecular complexity index is 797. The third-order valence-electron chi connectivity index (χ3n) is 3.45. The summed E-state index contributed by atoms with van der Waals surface area (Å²) in [4.78, 5) is 12.3. The lowest BCUT2D eigenvalue weighted by molar-refractivity contribution is -0.332. The molecule has 0 aliphatic carbocycles. The van der Waals surface area contributed by atoms with E-state index in [2.05, 4.69) is 0 Å². The molecule has 0 aromatic heterocycles. The number of ketones is 1. The van der Waals surface area contributed by atoms with Gasteiger partial charge in [0.15, 0.2) is 15.6 Å². The maximum Gasteiger partial charge on any atom is 0.461 e. The molecule has 1 atom stereocenters. The van der Waals surface area contributed by atoms with Gasteiger partial charge in [0.1, 0.15) is 0 Å². The van der Waals surface area contributed by atoms with Crippen molar-refractivity contribution in [2.45, 2.75) is 68.2 Å². The van der Waals surface area contributed by atoms with Gasteiger partial charge in [0.25, 0.3) is 0 Å². The molecule has 0 aromatic carbocycles. The topological polar surface area (TPSA) is 85.3 Å². The van der Waals surface area contributed by atoms with Crippen molar-refractivity contribution in [3.63, 3.8) is 0 Å². The van der Waals surface area contributed by atoms with E-state index in [9.17, 15) is 52.4 Å². The van der Waals surface area contributed by atoms with Gasteiger partial charge in [-0.1, -0.05) is 20.8 Å². The zero-order valence-electron chi connectivity index (χ0n) is 15.1. The number of hydrogen-bond acceptors (Lipinski definition) is 5. The maximum atomic E-state index is 13.9. The average molecular weight is 452 g/mol. The lowest BCUT2D eigenvalue weighted by Crippen LogP contribution is -2.62. The van der Waals surface area contributed by atoms with Crippen molar-refractivity contribution >= 4 is 25.5 Å². The second kappa shape index (κ2) is 6.56. The molecule has 0 aliphatic heterocycles. The summed E-state index contributed by atoms with van der Waals surface area (Å²) in [6, 6.07) is 0. The number of halogens is 7. The van der Waals surface area contributed by atoms with E-state index in [-0.39, 0.29) is 0 Å². The largest absolute Gasteiger partial charge is 0.461 e. The molecule has 5 nitrogen and oxygen atoms in total. The monoisotopic (exact) mass is 452 g/mol. The van der Waals surface area contributed by atoms with E-state index in [1.54, 1.807) is 0 Å². The van der Waals surface area contributed by atoms with Gasteiger partial charge in [0.05, 0.1) is 4.75 Å². The van der Waals surface area contributed by atoms with Crippen LogP contribution < -0.4 is 0 Å². The Labute approximate surface area is 152 Å². The first-order valence-corrected chi connectivity index (χ1v) is 10.2. The summed E-state index contributed by atoms with van der Waals surface area (Å²) in [7, 11) is -12.7. The van der Waals surface area contributed by atoms with Crippen molar-refractivity contribution in [2.75, 3.05) is 0 Å². The van der Waals surface area contributed by atoms with Crippen LogP contribution in [0.25, 0.3) is 0 Å². The third-order valence-corrected chi connectivity index (χ3v) is 9.20. The zero-order chi connectivity index (χ0) is 22.7. The maximum absolute atomic E-state index is 13.9. The van der Waals surface area contributed by atoms with E-state index in [1.807, 2.05) is 0 Å². The predicted molar refractivity (Wildman–Crippen MR) is 81.8 cm³/mol. The van der Waals surface area contributed by atoms with Crippen molar-refractivity contribution in [3.05, 3.63) is 0 Å². The molecule has 0 aromatic rings. The summed E-state index contributed by atoms with van der Waals surface area (Å²) < 4.78 is 134. The summed E-state index contributed by atoms with van der Waals surface area (Å²) in [5.74, 6) is -9.10. The zero-order valence-corrected chi connectivity index (χ0v) is 16.7. The third kappa shape index (κ3) is 4.10. The van der Waals surface area contributed by atoms with Gasteiger partial charge in [-0.05, 0) is 20.8 Å². The average Bonchev–Trinajstić information content (AvgIpc) is 2.33. The van der Waals surface area contributed by atoms with Crippen molar-refractivity contribution in [3.8, 4) is 0 Å². The second-order valence-corrected chi connectivity index (χ2v) is 12.9. The first-order chi connectivity index (χ1) is 11.3. The minimum absolute atomic E-state index is 0.779. The van der Waals surface area contributed by atoms with Crippen LogP contribution >= 0.6 is 0 Å². The number of carbonyl (C=O) groups is 1. The normalized spacial score (nSPS) is 16.9. The minimum atomic E-state index is -7.21. The van der Waals surface area contributed by atoms with Crippen molar-refractivity contribution in [1.82, 2.24) is 0 Å². The summed E-state index contributed by atoms with van der Waals surface area (Å²) in [6.07, 6.45) is -7.02. The Morgan fingerprint density at radius 2 is 1.04 bits per heavy atom. The number of rotatable bonds is 5. The molecule has 0 saturated heterocycles. The highest BCUT2D eigenvalue weighted by molar-refractivity contribution is 8.11. The van der Waals surface area contributed by atoms with Crippen LogP contribution in [0.5, 0.6) is 0 Å². The van der Waals surface area contributed by atoms with Crippen LogP contribution in [0, 0.1) is 5.41 Å². The first-order valence-electron chi connectivity index (χ1n) is 7.11. The molecule has 0 heterocycles. The van der Waals surface area contributed by atoms with Crippen molar-refractivity contribution < 1.29 is 52.4 Å². The smallest absolute Gasteiger partial charge is 0.296 e. The molecule has 0 N–H and O–H groups in total. The van der Waals surface area contributed by atoms with Gasteiger partial charge in [0.2, 0.25) is 14.4 Å². The van der Waals surface area contributed by atoms with Gasteiger partial charge in [-0.25, -0.2) is 16.8 Å². The Balaban J connectivity index is 7.12. The van der Waals surface area contributed by atoms with Crippen LogP contribution in [0.1, 0.15) is 41.5 Å². The van der Waals surface area contributed by atoms with E-state index >= 15 is 0 Å². The molecule has 0 aliphatic rings. The standard InChI is InChI=1S/C13H19F7O5S2/c1-9(2,3)7(21)8(26(22,23)10(4,5)6)27(24,25)13(19,20)11(14,15)12(16,17)18/h8H,1-6H3. The van der Waals surface area contributed by atoms with Crippen LogP contribution in [0.3, 0.4) is 0 Å². The SMILES string of the molecule is CC(C)(C)C(=O)C(S(=O)(=O)C(C)(C)C)S(=O)(=O)C(F)(F)C(F)(F)C(F)(F)F. The highest BCUT2D eigenvalue weighted by atomic mass is 32.3. The fourth-order valence-electron chi connectivity index (χ4n) is 1.60. The Morgan fingerprint density at radius 1 is 0.704 bits per heavy atom. The molecule has 27 heavy (non-hydrogen) atoms. The van der Waals surface area contributed by atoms with E-state index in [0.717, 1.165) is 41.5 Å². The second-order valence-electron chi connectivity index (χ2n) is 7.74. The van der Waals surface area contributed by atoms with Crippen LogP contribution in [-0.4, -0.2) is 49.3 Å². The minimum Gasteiger partial charge on any atom is -0.296 e. The fourth-order valence-corrected chi connectivity index (χ4v) is 6.82.